The summed E-state index contributed by atoms with van der Waals surface area (Å²) >= 11 is 0. The van der Waals surface area contributed by atoms with Crippen molar-refractivity contribution in [3.05, 3.63) is 34.2 Å². The highest BCUT2D eigenvalue weighted by Gasteiger charge is 2.16. The van der Waals surface area contributed by atoms with E-state index in [1.54, 1.807) is 0 Å². The largest absolute Gasteiger partial charge is 0.506 e. The minimum Gasteiger partial charge on any atom is -0.506 e. The van der Waals surface area contributed by atoms with Gasteiger partial charge in [0, 0.05) is 6.07 Å². The predicted octanol–water partition coefficient (Wildman–Crippen LogP) is 0.991. The molecule has 0 radical (unpaired) electrons. The fraction of sp³-hybridized carbons (Fsp3) is 0.0909. The Morgan fingerprint density at radius 2 is 2.06 bits per heavy atom. The molecule has 0 spiro atoms. The zero-order valence-corrected chi connectivity index (χ0v) is 8.76. The summed E-state index contributed by atoms with van der Waals surface area (Å²) in [6, 6.07) is 3.63. The van der Waals surface area contributed by atoms with Gasteiger partial charge in [0.2, 0.25) is 5.75 Å². The molecule has 0 fully saturated rings. The third-order valence-electron chi connectivity index (χ3n) is 2.28. The maximum atomic E-state index is 11.3. The summed E-state index contributed by atoms with van der Waals surface area (Å²) in [6.45, 7) is 0. The number of carbonyl (C=O) groups is 1. The van der Waals surface area contributed by atoms with E-state index in [0.717, 1.165) is 6.07 Å². The molecule has 0 aliphatic carbocycles. The summed E-state index contributed by atoms with van der Waals surface area (Å²) in [5, 5.41) is 19.0. The minimum absolute atomic E-state index is 0.0602. The fourth-order valence-electron chi connectivity index (χ4n) is 1.44. The summed E-state index contributed by atoms with van der Waals surface area (Å²) in [5.74, 6) is -1.78. The molecule has 6 heteroatoms. The van der Waals surface area contributed by atoms with Gasteiger partial charge in [-0.25, -0.2) is 9.59 Å². The van der Waals surface area contributed by atoms with Gasteiger partial charge in [-0.05, 0) is 12.1 Å². The highest BCUT2D eigenvalue weighted by atomic mass is 16.5. The van der Waals surface area contributed by atoms with Crippen molar-refractivity contribution in [3.63, 3.8) is 0 Å². The summed E-state index contributed by atoms with van der Waals surface area (Å²) in [5.41, 5.74) is -0.922. The lowest BCUT2D eigenvalue weighted by atomic mass is 10.1. The monoisotopic (exact) mass is 236 g/mol. The lowest BCUT2D eigenvalue weighted by Gasteiger charge is -2.05. The molecule has 0 aliphatic rings. The average Bonchev–Trinajstić information content (AvgIpc) is 2.31. The minimum atomic E-state index is -0.914. The van der Waals surface area contributed by atoms with Crippen LogP contribution in [0.5, 0.6) is 11.5 Å². The molecule has 2 aromatic rings. The Bertz CT molecular complexity index is 655. The molecule has 1 heterocycles. The van der Waals surface area contributed by atoms with Gasteiger partial charge >= 0.3 is 11.6 Å². The summed E-state index contributed by atoms with van der Waals surface area (Å²) in [7, 11) is 1.18. The molecular formula is C11H8O6. The first-order valence-corrected chi connectivity index (χ1v) is 4.61. The van der Waals surface area contributed by atoms with Crippen molar-refractivity contribution in [2.24, 2.45) is 0 Å². The standard InChI is InChI=1S/C11H8O6/c1-16-10(14)5-2-3-8-6(9(5)13)4-7(12)11(15)17-8/h2-4,12-13H,1H3. The number of phenols is 1. The van der Waals surface area contributed by atoms with Crippen LogP contribution in [0.3, 0.4) is 0 Å². The van der Waals surface area contributed by atoms with Crippen LogP contribution in [0.2, 0.25) is 0 Å². The SMILES string of the molecule is COC(=O)c1ccc2oc(=O)c(O)cc2c1O. The third kappa shape index (κ3) is 1.69. The Balaban J connectivity index is 2.80. The number of fused-ring (bicyclic) bond motifs is 1. The quantitative estimate of drug-likeness (QED) is 0.566. The number of aromatic hydroxyl groups is 2. The maximum Gasteiger partial charge on any atom is 0.378 e. The van der Waals surface area contributed by atoms with Crippen molar-refractivity contribution in [3.8, 4) is 11.5 Å². The lowest BCUT2D eigenvalue weighted by Crippen LogP contribution is -2.03. The summed E-state index contributed by atoms with van der Waals surface area (Å²) in [4.78, 5) is 22.3. The van der Waals surface area contributed by atoms with Crippen molar-refractivity contribution in [1.82, 2.24) is 0 Å². The van der Waals surface area contributed by atoms with Crippen molar-refractivity contribution < 1.29 is 24.2 Å². The van der Waals surface area contributed by atoms with Crippen LogP contribution in [0.25, 0.3) is 11.0 Å². The molecule has 17 heavy (non-hydrogen) atoms. The van der Waals surface area contributed by atoms with E-state index in [1.165, 1.54) is 19.2 Å². The van der Waals surface area contributed by atoms with Gasteiger partial charge in [-0.2, -0.15) is 0 Å². The average molecular weight is 236 g/mol. The number of ether oxygens (including phenoxy) is 1. The highest BCUT2D eigenvalue weighted by molar-refractivity contribution is 5.99. The van der Waals surface area contributed by atoms with Gasteiger partial charge in [-0.15, -0.1) is 0 Å². The number of benzene rings is 1. The Labute approximate surface area is 94.7 Å². The van der Waals surface area contributed by atoms with Gasteiger partial charge in [-0.1, -0.05) is 0 Å². The van der Waals surface area contributed by atoms with Crippen molar-refractivity contribution in [2.45, 2.75) is 0 Å². The predicted molar refractivity (Wildman–Crippen MR) is 57.2 cm³/mol. The van der Waals surface area contributed by atoms with E-state index in [2.05, 4.69) is 4.74 Å². The Morgan fingerprint density at radius 1 is 1.35 bits per heavy atom. The molecule has 1 aromatic heterocycles. The molecule has 2 N–H and O–H groups in total. The van der Waals surface area contributed by atoms with E-state index in [-0.39, 0.29) is 16.5 Å². The van der Waals surface area contributed by atoms with Gasteiger partial charge in [-0.3, -0.25) is 0 Å². The Hall–Kier alpha value is -2.50. The molecule has 2 rings (SSSR count). The summed E-state index contributed by atoms with van der Waals surface area (Å²) < 4.78 is 9.19. The fourth-order valence-corrected chi connectivity index (χ4v) is 1.44. The molecular weight excluding hydrogens is 228 g/mol. The number of methoxy groups -OCH3 is 1. The van der Waals surface area contributed by atoms with Crippen LogP contribution >= 0.6 is 0 Å². The number of hydrogen-bond acceptors (Lipinski definition) is 6. The van der Waals surface area contributed by atoms with Crippen molar-refractivity contribution >= 4 is 16.9 Å². The van der Waals surface area contributed by atoms with Crippen molar-refractivity contribution in [2.75, 3.05) is 7.11 Å². The van der Waals surface area contributed by atoms with Gasteiger partial charge in [0.05, 0.1) is 12.5 Å². The van der Waals surface area contributed by atoms with Crippen LogP contribution in [-0.4, -0.2) is 23.3 Å². The summed E-state index contributed by atoms with van der Waals surface area (Å²) in [6.07, 6.45) is 0. The van der Waals surface area contributed by atoms with E-state index >= 15 is 0 Å². The highest BCUT2D eigenvalue weighted by Crippen LogP contribution is 2.30. The van der Waals surface area contributed by atoms with Gasteiger partial charge in [0.25, 0.3) is 0 Å². The molecule has 0 atom stereocenters. The molecule has 88 valence electrons. The number of carbonyl (C=O) groups excluding carboxylic acids is 1. The van der Waals surface area contributed by atoms with Gasteiger partial charge in [0.1, 0.15) is 16.9 Å². The molecule has 0 aliphatic heterocycles. The molecule has 0 saturated heterocycles. The second-order valence-corrected chi connectivity index (χ2v) is 3.28. The first kappa shape index (κ1) is 11.0. The van der Waals surface area contributed by atoms with Crippen LogP contribution < -0.4 is 5.63 Å². The Morgan fingerprint density at radius 3 is 2.71 bits per heavy atom. The van der Waals surface area contributed by atoms with Gasteiger partial charge in [0.15, 0.2) is 0 Å². The van der Waals surface area contributed by atoms with E-state index in [0.29, 0.717) is 0 Å². The van der Waals surface area contributed by atoms with Crippen LogP contribution in [0, 0.1) is 0 Å². The van der Waals surface area contributed by atoms with E-state index in [1.807, 2.05) is 0 Å². The van der Waals surface area contributed by atoms with E-state index in [4.69, 9.17) is 4.42 Å². The maximum absolute atomic E-state index is 11.3. The Kier molecular flexibility index (Phi) is 2.47. The molecule has 0 saturated carbocycles. The number of phenolic OH excluding ortho intramolecular Hbond substituents is 1. The van der Waals surface area contributed by atoms with Crippen LogP contribution in [0.4, 0.5) is 0 Å². The zero-order valence-electron chi connectivity index (χ0n) is 8.76. The third-order valence-corrected chi connectivity index (χ3v) is 2.28. The van der Waals surface area contributed by atoms with Gasteiger partial charge < -0.3 is 19.4 Å². The number of rotatable bonds is 1. The first-order chi connectivity index (χ1) is 8.04. The van der Waals surface area contributed by atoms with Crippen LogP contribution in [-0.2, 0) is 4.74 Å². The molecule has 0 bridgehead atoms. The van der Waals surface area contributed by atoms with E-state index < -0.39 is 23.1 Å². The smallest absolute Gasteiger partial charge is 0.378 e. The molecule has 1 aromatic carbocycles. The topological polar surface area (TPSA) is 97.0 Å². The normalized spacial score (nSPS) is 10.4. The lowest BCUT2D eigenvalue weighted by molar-refractivity contribution is 0.0598. The second-order valence-electron chi connectivity index (χ2n) is 3.28. The van der Waals surface area contributed by atoms with Crippen LogP contribution in [0.1, 0.15) is 10.4 Å². The zero-order chi connectivity index (χ0) is 12.6. The molecule has 0 amide bonds. The number of esters is 1. The second kappa shape index (κ2) is 3.82. The molecule has 6 nitrogen and oxygen atoms in total. The van der Waals surface area contributed by atoms with Crippen molar-refractivity contribution in [1.29, 1.82) is 0 Å². The van der Waals surface area contributed by atoms with E-state index in [9.17, 15) is 19.8 Å². The first-order valence-electron chi connectivity index (χ1n) is 4.61. The molecule has 0 unspecified atom stereocenters. The van der Waals surface area contributed by atoms with Crippen LogP contribution in [0.15, 0.2) is 27.4 Å². The number of hydrogen-bond donors (Lipinski definition) is 2.